The van der Waals surface area contributed by atoms with E-state index in [9.17, 15) is 14.4 Å². The minimum Gasteiger partial charge on any atom is -0.298 e. The highest BCUT2D eigenvalue weighted by Gasteiger charge is 2.11. The van der Waals surface area contributed by atoms with Crippen LogP contribution in [0.15, 0.2) is 107 Å². The molecular formula is C37H30N6O3. The number of pyridine rings is 2. The number of nitrogens with zero attached hydrogens (tertiary/aromatic N) is 4. The Kier molecular flexibility index (Phi) is 7.13. The molecule has 0 saturated heterocycles. The van der Waals surface area contributed by atoms with Gasteiger partial charge in [-0.1, -0.05) is 67.6 Å². The lowest BCUT2D eigenvalue weighted by Gasteiger charge is -2.08. The van der Waals surface area contributed by atoms with E-state index in [0.717, 1.165) is 62.3 Å². The average molecular weight is 607 g/mol. The number of aldehydes is 1. The molecule has 0 aliphatic carbocycles. The normalized spacial score (nSPS) is 11.3. The van der Waals surface area contributed by atoms with E-state index in [0.29, 0.717) is 16.9 Å². The second-order valence-electron chi connectivity index (χ2n) is 11.4. The van der Waals surface area contributed by atoms with Crippen molar-refractivity contribution in [3.63, 3.8) is 0 Å². The summed E-state index contributed by atoms with van der Waals surface area (Å²) in [7, 11) is 0. The number of nitrogens with one attached hydrogen (secondary N) is 2. The van der Waals surface area contributed by atoms with Crippen molar-refractivity contribution in [1.82, 2.24) is 29.2 Å². The zero-order chi connectivity index (χ0) is 31.9. The van der Waals surface area contributed by atoms with Crippen molar-refractivity contribution < 1.29 is 4.79 Å². The van der Waals surface area contributed by atoms with Crippen molar-refractivity contribution in [2.45, 2.75) is 27.2 Å². The molecule has 0 atom stereocenters. The summed E-state index contributed by atoms with van der Waals surface area (Å²) in [5.74, 6) is 0. The van der Waals surface area contributed by atoms with Crippen LogP contribution in [0.25, 0.3) is 55.4 Å². The molecule has 0 bridgehead atoms. The Morgan fingerprint density at radius 1 is 0.609 bits per heavy atom. The highest BCUT2D eigenvalue weighted by atomic mass is 16.2. The fourth-order valence-corrected chi connectivity index (χ4v) is 5.96. The number of aryl methyl sites for hydroxylation is 3. The summed E-state index contributed by atoms with van der Waals surface area (Å²) in [6.45, 7) is 6.20. The van der Waals surface area contributed by atoms with Crippen LogP contribution in [-0.4, -0.2) is 35.5 Å². The van der Waals surface area contributed by atoms with Gasteiger partial charge in [0.1, 0.15) is 6.29 Å². The van der Waals surface area contributed by atoms with E-state index in [2.05, 4.69) is 69.8 Å². The van der Waals surface area contributed by atoms with E-state index in [1.54, 1.807) is 20.9 Å². The van der Waals surface area contributed by atoms with E-state index >= 15 is 0 Å². The van der Waals surface area contributed by atoms with Crippen LogP contribution in [0.2, 0.25) is 0 Å². The molecule has 2 N–H and O–H groups in total. The van der Waals surface area contributed by atoms with Crippen LogP contribution in [0.3, 0.4) is 0 Å². The Balaban J connectivity index is 0.000000147. The molecule has 0 unspecified atom stereocenters. The number of fused-ring (bicyclic) bond motifs is 6. The Labute approximate surface area is 262 Å². The van der Waals surface area contributed by atoms with Gasteiger partial charge in [-0.05, 0) is 95.6 Å². The van der Waals surface area contributed by atoms with Crippen LogP contribution in [-0.2, 0) is 6.42 Å². The lowest BCUT2D eigenvalue weighted by Crippen LogP contribution is -2.10. The number of hydrogen-bond donors (Lipinski definition) is 2. The molecule has 9 heteroatoms. The lowest BCUT2D eigenvalue weighted by molar-refractivity contribution is 0.112. The van der Waals surface area contributed by atoms with Gasteiger partial charge in [0.2, 0.25) is 0 Å². The van der Waals surface area contributed by atoms with Crippen molar-refractivity contribution in [3.05, 3.63) is 140 Å². The number of H-pyrrole nitrogens is 2. The second-order valence-corrected chi connectivity index (χ2v) is 11.4. The number of hydrogen-bond acceptors (Lipinski definition) is 5. The third kappa shape index (κ3) is 4.97. The third-order valence-corrected chi connectivity index (χ3v) is 8.49. The summed E-state index contributed by atoms with van der Waals surface area (Å²) in [5.41, 5.74) is 11.1. The van der Waals surface area contributed by atoms with Crippen LogP contribution in [0, 0.1) is 13.8 Å². The quantitative estimate of drug-likeness (QED) is 0.217. The van der Waals surface area contributed by atoms with Crippen molar-refractivity contribution in [2.75, 3.05) is 0 Å². The second kappa shape index (κ2) is 11.4. The molecule has 0 aliphatic rings. The standard InChI is InChI=1S/C19H17N3O.C18H13N3O2/c1-3-13-4-6-14(7-5-13)15-8-9-17-16(11-15)12(2)10-18-20-21-19(23)22(17)18;1-11-8-17-19-20-18(23)21(17)16-7-6-14(9-15(11)16)13-4-2-12(10-22)3-5-13/h4-11H,3H2,1-2H3,(H,21,23);2-10H,1H3,(H,20,23). The molecule has 0 saturated carbocycles. The van der Waals surface area contributed by atoms with Gasteiger partial charge in [-0.25, -0.2) is 28.6 Å². The summed E-state index contributed by atoms with van der Waals surface area (Å²) >= 11 is 0. The fraction of sp³-hybridized carbons (Fsp3) is 0.108. The van der Waals surface area contributed by atoms with Crippen LogP contribution in [0.5, 0.6) is 0 Å². The number of carbonyl (C=O) groups excluding carboxylic acids is 1. The number of rotatable bonds is 4. The predicted molar refractivity (Wildman–Crippen MR) is 182 cm³/mol. The molecule has 9 nitrogen and oxygen atoms in total. The molecule has 226 valence electrons. The molecule has 0 amide bonds. The smallest absolute Gasteiger partial charge is 0.298 e. The van der Waals surface area contributed by atoms with Gasteiger partial charge in [-0.15, -0.1) is 0 Å². The van der Waals surface area contributed by atoms with Gasteiger partial charge in [0.15, 0.2) is 11.3 Å². The summed E-state index contributed by atoms with van der Waals surface area (Å²) in [5, 5.41) is 15.1. The van der Waals surface area contributed by atoms with E-state index in [-0.39, 0.29) is 11.4 Å². The first-order valence-electron chi connectivity index (χ1n) is 15.0. The first-order chi connectivity index (χ1) is 22.3. The molecule has 0 spiro atoms. The molecule has 4 aromatic heterocycles. The summed E-state index contributed by atoms with van der Waals surface area (Å²) in [4.78, 5) is 34.7. The first-order valence-corrected chi connectivity index (χ1v) is 15.0. The molecule has 8 aromatic rings. The van der Waals surface area contributed by atoms with Crippen LogP contribution in [0.4, 0.5) is 0 Å². The summed E-state index contributed by atoms with van der Waals surface area (Å²) in [6.07, 6.45) is 1.87. The maximum Gasteiger partial charge on any atom is 0.348 e. The Morgan fingerprint density at radius 3 is 1.48 bits per heavy atom. The topological polar surface area (TPSA) is 117 Å². The van der Waals surface area contributed by atoms with Gasteiger partial charge < -0.3 is 0 Å². The van der Waals surface area contributed by atoms with Gasteiger partial charge in [0, 0.05) is 16.3 Å². The zero-order valence-electron chi connectivity index (χ0n) is 25.5. The predicted octanol–water partition coefficient (Wildman–Crippen LogP) is 6.68. The Hall–Kier alpha value is -6.09. The van der Waals surface area contributed by atoms with E-state index in [1.165, 1.54) is 11.1 Å². The minimum atomic E-state index is -0.243. The molecule has 4 heterocycles. The van der Waals surface area contributed by atoms with Gasteiger partial charge in [-0.3, -0.25) is 4.79 Å². The molecule has 46 heavy (non-hydrogen) atoms. The van der Waals surface area contributed by atoms with E-state index < -0.39 is 0 Å². The zero-order valence-corrected chi connectivity index (χ0v) is 25.5. The largest absolute Gasteiger partial charge is 0.348 e. The number of benzene rings is 4. The highest BCUT2D eigenvalue weighted by Crippen LogP contribution is 2.28. The molecule has 0 aliphatic heterocycles. The van der Waals surface area contributed by atoms with Crippen molar-refractivity contribution in [3.8, 4) is 22.3 Å². The maximum atomic E-state index is 12.0. The fourth-order valence-electron chi connectivity index (χ4n) is 5.96. The van der Waals surface area contributed by atoms with Gasteiger partial charge in [-0.2, -0.15) is 10.2 Å². The van der Waals surface area contributed by atoms with E-state index in [1.807, 2.05) is 56.3 Å². The lowest BCUT2D eigenvalue weighted by atomic mass is 10.00. The van der Waals surface area contributed by atoms with Crippen molar-refractivity contribution in [1.29, 1.82) is 0 Å². The van der Waals surface area contributed by atoms with Crippen LogP contribution < -0.4 is 11.4 Å². The van der Waals surface area contributed by atoms with Crippen molar-refractivity contribution >= 4 is 39.4 Å². The average Bonchev–Trinajstić information content (AvgIpc) is 3.66. The monoisotopic (exact) mass is 606 g/mol. The van der Waals surface area contributed by atoms with Crippen LogP contribution in [0.1, 0.15) is 34.0 Å². The summed E-state index contributed by atoms with van der Waals surface area (Å²) < 4.78 is 3.19. The number of carbonyl (C=O) groups is 1. The van der Waals surface area contributed by atoms with Gasteiger partial charge in [0.25, 0.3) is 0 Å². The minimum absolute atomic E-state index is 0.204. The SMILES string of the molecule is CCc1ccc(-c2ccc3c(c2)c(C)cc2n[nH]c(=O)n23)cc1.Cc1cc2n[nH]c(=O)n2c2ccc(-c3ccc(C=O)cc3)cc12. The van der Waals surface area contributed by atoms with E-state index in [4.69, 9.17) is 0 Å². The van der Waals surface area contributed by atoms with Gasteiger partial charge in [0.05, 0.1) is 11.0 Å². The van der Waals surface area contributed by atoms with Gasteiger partial charge >= 0.3 is 11.4 Å². The molecule has 0 radical (unpaired) electrons. The first kappa shape index (κ1) is 28.7. The highest BCUT2D eigenvalue weighted by molar-refractivity contribution is 5.91. The molecule has 0 fully saturated rings. The molecular weight excluding hydrogens is 576 g/mol. The Morgan fingerprint density at radius 2 is 1.04 bits per heavy atom. The third-order valence-electron chi connectivity index (χ3n) is 8.49. The molecule has 4 aromatic carbocycles. The Bertz CT molecular complexity index is 2540. The molecule has 8 rings (SSSR count). The van der Waals surface area contributed by atoms with Crippen molar-refractivity contribution in [2.24, 2.45) is 0 Å². The number of aromatic nitrogens is 6. The maximum absolute atomic E-state index is 12.0. The number of aromatic amines is 2. The van der Waals surface area contributed by atoms with Crippen LogP contribution >= 0.6 is 0 Å². The summed E-state index contributed by atoms with van der Waals surface area (Å²) in [6, 6.07) is 32.0.